The Morgan fingerprint density at radius 2 is 2.00 bits per heavy atom. The fourth-order valence-electron chi connectivity index (χ4n) is 2.34. The van der Waals surface area contributed by atoms with E-state index in [1.165, 1.54) is 0 Å². The van der Waals surface area contributed by atoms with Gasteiger partial charge in [-0.15, -0.1) is 0 Å². The van der Waals surface area contributed by atoms with Crippen molar-refractivity contribution in [2.24, 2.45) is 10.7 Å². The molecule has 0 amide bonds. The van der Waals surface area contributed by atoms with E-state index in [4.69, 9.17) is 33.7 Å². The standard InChI is InChI=1S/C14H9ClN6S/c15-8-3-1-7(2-4-8)11-9(5-16)12(18)20-14-21(11)13(19)10(6-17)22-14/h1-4,11,16,18H,19H2/p+1. The van der Waals surface area contributed by atoms with Gasteiger partial charge in [0.1, 0.15) is 17.7 Å². The maximum atomic E-state index is 9.16. The molecule has 0 bridgehead atoms. The maximum Gasteiger partial charge on any atom is 0.325 e. The van der Waals surface area contributed by atoms with Crippen molar-refractivity contribution in [3.05, 3.63) is 45.3 Å². The minimum atomic E-state index is -0.458. The number of hydrogen-bond acceptors (Lipinski definition) is 6. The van der Waals surface area contributed by atoms with Gasteiger partial charge in [-0.2, -0.15) is 5.26 Å². The number of hydrogen-bond donors (Lipinski definition) is 3. The van der Waals surface area contributed by atoms with E-state index in [2.05, 4.69) is 10.9 Å². The van der Waals surface area contributed by atoms with Crippen LogP contribution in [0.4, 0.5) is 10.9 Å². The highest BCUT2D eigenvalue weighted by Crippen LogP contribution is 2.35. The summed E-state index contributed by atoms with van der Waals surface area (Å²) in [5.74, 6) is 2.83. The largest absolute Gasteiger partial charge is 0.369 e. The van der Waals surface area contributed by atoms with Crippen LogP contribution in [0.25, 0.3) is 0 Å². The first-order chi connectivity index (χ1) is 10.6. The highest BCUT2D eigenvalue weighted by Gasteiger charge is 2.38. The molecule has 1 atom stereocenters. The van der Waals surface area contributed by atoms with Gasteiger partial charge in [-0.25, -0.2) is 4.57 Å². The van der Waals surface area contributed by atoms with Gasteiger partial charge in [0, 0.05) is 5.02 Å². The summed E-state index contributed by atoms with van der Waals surface area (Å²) < 4.78 is 1.69. The number of thiazole rings is 1. The van der Waals surface area contributed by atoms with Gasteiger partial charge in [-0.05, 0) is 34.9 Å². The molecular weight excluding hydrogens is 320 g/mol. The molecule has 0 fully saturated rings. The number of amidine groups is 1. The van der Waals surface area contributed by atoms with Crippen LogP contribution >= 0.6 is 22.9 Å². The molecule has 1 aromatic carbocycles. The van der Waals surface area contributed by atoms with Crippen molar-refractivity contribution in [2.75, 3.05) is 5.73 Å². The smallest absolute Gasteiger partial charge is 0.325 e. The van der Waals surface area contributed by atoms with Crippen LogP contribution in [0.2, 0.25) is 5.02 Å². The predicted octanol–water partition coefficient (Wildman–Crippen LogP) is 1.91. The van der Waals surface area contributed by atoms with Gasteiger partial charge in [0.25, 0.3) is 0 Å². The van der Waals surface area contributed by atoms with Gasteiger partial charge in [0.05, 0.1) is 0 Å². The summed E-state index contributed by atoms with van der Waals surface area (Å²) in [6, 6.07) is 8.72. The van der Waals surface area contributed by atoms with Gasteiger partial charge in [-0.1, -0.05) is 28.7 Å². The first-order valence-electron chi connectivity index (χ1n) is 6.20. The molecule has 22 heavy (non-hydrogen) atoms. The lowest BCUT2D eigenvalue weighted by atomic mass is 9.97. The SMILES string of the molecule is N#Cc1sc2[n+](c1N)C(c1ccc(Cl)cc1)C(=C=N)C(N)=N2. The van der Waals surface area contributed by atoms with E-state index in [9.17, 15) is 0 Å². The maximum absolute atomic E-state index is 9.16. The Labute approximate surface area is 135 Å². The highest BCUT2D eigenvalue weighted by molar-refractivity contribution is 7.15. The van der Waals surface area contributed by atoms with Gasteiger partial charge < -0.3 is 11.5 Å². The number of nitriles is 1. The minimum Gasteiger partial charge on any atom is -0.369 e. The number of aromatic nitrogens is 1. The molecule has 8 heteroatoms. The lowest BCUT2D eigenvalue weighted by molar-refractivity contribution is -0.675. The first-order valence-corrected chi connectivity index (χ1v) is 7.39. The molecule has 1 aliphatic heterocycles. The Morgan fingerprint density at radius 3 is 2.59 bits per heavy atom. The van der Waals surface area contributed by atoms with Gasteiger partial charge in [-0.3, -0.25) is 5.41 Å². The van der Waals surface area contributed by atoms with Crippen LogP contribution < -0.4 is 16.0 Å². The molecule has 6 nitrogen and oxygen atoms in total. The molecule has 0 radical (unpaired) electrons. The van der Waals surface area contributed by atoms with Gasteiger partial charge in [0.2, 0.25) is 11.7 Å². The van der Waals surface area contributed by atoms with Gasteiger partial charge >= 0.3 is 5.13 Å². The Balaban J connectivity index is 2.30. The summed E-state index contributed by atoms with van der Waals surface area (Å²) in [5, 5.41) is 17.8. The molecular formula is C14H10ClN6S+. The zero-order valence-corrected chi connectivity index (χ0v) is 12.7. The quantitative estimate of drug-likeness (QED) is 0.548. The fraction of sp³-hybridized carbons (Fsp3) is 0.0714. The summed E-state index contributed by atoms with van der Waals surface area (Å²) in [4.78, 5) is 4.58. The van der Waals surface area contributed by atoms with Gasteiger partial charge in [0.15, 0.2) is 4.88 Å². The first kappa shape index (κ1) is 14.3. The number of nitrogens with one attached hydrogen (secondary N) is 1. The molecule has 108 valence electrons. The van der Waals surface area contributed by atoms with Crippen molar-refractivity contribution < 1.29 is 4.57 Å². The molecule has 0 saturated heterocycles. The molecule has 5 N–H and O–H groups in total. The van der Waals surface area contributed by atoms with Crippen LogP contribution in [0.3, 0.4) is 0 Å². The summed E-state index contributed by atoms with van der Waals surface area (Å²) in [5.41, 5.74) is 13.2. The van der Waals surface area contributed by atoms with Crippen LogP contribution in [-0.2, 0) is 0 Å². The number of nitrogen functional groups attached to an aromatic ring is 1. The van der Waals surface area contributed by atoms with Crippen molar-refractivity contribution in [1.82, 2.24) is 0 Å². The average Bonchev–Trinajstić information content (AvgIpc) is 2.82. The molecule has 1 aromatic heterocycles. The summed E-state index contributed by atoms with van der Waals surface area (Å²) >= 11 is 7.09. The number of fused-ring (bicyclic) bond motifs is 1. The van der Waals surface area contributed by atoms with E-state index in [-0.39, 0.29) is 5.84 Å². The van der Waals surface area contributed by atoms with Crippen LogP contribution in [0.1, 0.15) is 16.5 Å². The minimum absolute atomic E-state index is 0.195. The Bertz CT molecular complexity index is 883. The monoisotopic (exact) mass is 329 g/mol. The molecule has 1 unspecified atom stereocenters. The third kappa shape index (κ3) is 2.07. The second kappa shape index (κ2) is 5.28. The van der Waals surface area contributed by atoms with Crippen molar-refractivity contribution in [3.8, 4) is 6.07 Å². The zero-order valence-electron chi connectivity index (χ0n) is 11.2. The molecule has 2 aromatic rings. The van der Waals surface area contributed by atoms with E-state index >= 15 is 0 Å². The highest BCUT2D eigenvalue weighted by atomic mass is 35.5. The Morgan fingerprint density at radius 1 is 1.32 bits per heavy atom. The van der Waals surface area contributed by atoms with Crippen molar-refractivity contribution >= 4 is 45.6 Å². The van der Waals surface area contributed by atoms with E-state index in [1.54, 1.807) is 16.7 Å². The average molecular weight is 330 g/mol. The van der Waals surface area contributed by atoms with E-state index in [0.717, 1.165) is 16.9 Å². The van der Waals surface area contributed by atoms with Crippen LogP contribution in [-0.4, -0.2) is 11.7 Å². The van der Waals surface area contributed by atoms with E-state index in [1.807, 2.05) is 18.2 Å². The molecule has 0 saturated carbocycles. The number of anilines is 1. The van der Waals surface area contributed by atoms with Crippen LogP contribution in [0.15, 0.2) is 34.8 Å². The molecule has 2 heterocycles. The predicted molar refractivity (Wildman–Crippen MR) is 85.8 cm³/mol. The molecule has 3 rings (SSSR count). The summed E-state index contributed by atoms with van der Waals surface area (Å²) in [6.45, 7) is 0. The van der Waals surface area contributed by atoms with Crippen molar-refractivity contribution in [1.29, 1.82) is 10.7 Å². The third-order valence-electron chi connectivity index (χ3n) is 3.34. The zero-order chi connectivity index (χ0) is 15.9. The fourth-order valence-corrected chi connectivity index (χ4v) is 3.34. The molecule has 1 aliphatic rings. The lowest BCUT2D eigenvalue weighted by Gasteiger charge is -2.20. The second-order valence-electron chi connectivity index (χ2n) is 4.57. The normalized spacial score (nSPS) is 16.5. The number of benzene rings is 1. The molecule has 0 aliphatic carbocycles. The van der Waals surface area contributed by atoms with E-state index in [0.29, 0.717) is 26.4 Å². The van der Waals surface area contributed by atoms with Crippen LogP contribution in [0.5, 0.6) is 0 Å². The summed E-state index contributed by atoms with van der Waals surface area (Å²) in [6.07, 6.45) is 0. The second-order valence-corrected chi connectivity index (χ2v) is 5.98. The number of nitrogens with zero attached hydrogens (tertiary/aromatic N) is 3. The van der Waals surface area contributed by atoms with Crippen molar-refractivity contribution in [3.63, 3.8) is 0 Å². The molecule has 0 spiro atoms. The third-order valence-corrected chi connectivity index (χ3v) is 4.56. The number of aliphatic imine (C=N–C) groups is 1. The lowest BCUT2D eigenvalue weighted by Crippen LogP contribution is -2.47. The number of nitrogens with two attached hydrogens (primary N) is 2. The van der Waals surface area contributed by atoms with E-state index < -0.39 is 6.04 Å². The van der Waals surface area contributed by atoms with Crippen molar-refractivity contribution in [2.45, 2.75) is 6.04 Å². The number of rotatable bonds is 1. The Kier molecular flexibility index (Phi) is 3.43. The van der Waals surface area contributed by atoms with Crippen LogP contribution in [0, 0.1) is 16.7 Å². The summed E-state index contributed by atoms with van der Waals surface area (Å²) in [7, 11) is 0. The number of halogens is 1. The topological polar surface area (TPSA) is 116 Å². The Hall–Kier alpha value is -2.65.